The zero-order chi connectivity index (χ0) is 15.9. The summed E-state index contributed by atoms with van der Waals surface area (Å²) in [5.74, 6) is -0.411. The number of urea groups is 1. The number of fused-ring (bicyclic) bond motifs is 1. The van der Waals surface area contributed by atoms with Crippen molar-refractivity contribution < 1.29 is 19.1 Å². The lowest BCUT2D eigenvalue weighted by Crippen LogP contribution is -2.73. The quantitative estimate of drug-likeness (QED) is 0.786. The van der Waals surface area contributed by atoms with Gasteiger partial charge in [-0.2, -0.15) is 5.43 Å². The summed E-state index contributed by atoms with van der Waals surface area (Å²) in [7, 11) is 0. The van der Waals surface area contributed by atoms with Gasteiger partial charge in [0.25, 0.3) is 5.91 Å². The van der Waals surface area contributed by atoms with E-state index in [1.807, 2.05) is 32.7 Å². The van der Waals surface area contributed by atoms with Gasteiger partial charge in [-0.3, -0.25) is 9.59 Å². The van der Waals surface area contributed by atoms with E-state index in [2.05, 4.69) is 5.43 Å². The normalized spacial score (nSPS) is 29.0. The Morgan fingerprint density at radius 2 is 1.86 bits per heavy atom. The Hall–Kier alpha value is -1.47. The Morgan fingerprint density at radius 1 is 1.29 bits per heavy atom. The highest BCUT2D eigenvalue weighted by molar-refractivity contribution is 5.95. The number of nitrogens with zero attached hydrogens (tertiary/aromatic N) is 3. The number of imide groups is 1. The molecule has 118 valence electrons. The minimum absolute atomic E-state index is 0.0518. The molecule has 2 heterocycles. The van der Waals surface area contributed by atoms with Crippen LogP contribution < -0.4 is 5.43 Å². The summed E-state index contributed by atoms with van der Waals surface area (Å²) >= 11 is 0. The summed E-state index contributed by atoms with van der Waals surface area (Å²) in [6.45, 7) is 9.76. The number of carbonyl (C=O) groups excluding carboxylic acids is 3. The number of quaternary nitrogens is 1. The number of nitrogens with one attached hydrogen (secondary N) is 1. The Kier molecular flexibility index (Phi) is 4.08. The van der Waals surface area contributed by atoms with Gasteiger partial charge in [0.05, 0.1) is 18.1 Å². The van der Waals surface area contributed by atoms with Crippen molar-refractivity contribution in [1.82, 2.24) is 15.3 Å². The summed E-state index contributed by atoms with van der Waals surface area (Å²) in [4.78, 5) is 37.9. The largest absolute Gasteiger partial charge is 0.471 e. The molecular weight excluding hydrogens is 272 g/mol. The van der Waals surface area contributed by atoms with Crippen LogP contribution >= 0.6 is 0 Å². The van der Waals surface area contributed by atoms with Crippen LogP contribution in [0.25, 0.3) is 0 Å². The van der Waals surface area contributed by atoms with Crippen molar-refractivity contribution in [3.63, 3.8) is 0 Å². The Bertz CT molecular complexity index is 469. The SMILES string of the molecule is CC(=O)N[N+]1(N(C(C)C)C(C)C)CC2CCC(=O)N2C1=O. The van der Waals surface area contributed by atoms with Crippen LogP contribution in [0.5, 0.6) is 0 Å². The smallest absolute Gasteiger partial charge is 0.274 e. The summed E-state index contributed by atoms with van der Waals surface area (Å²) in [6.07, 6.45) is 1.09. The van der Waals surface area contributed by atoms with Gasteiger partial charge < -0.3 is 0 Å². The van der Waals surface area contributed by atoms with Gasteiger partial charge in [-0.05, 0) is 34.1 Å². The highest BCUT2D eigenvalue weighted by Crippen LogP contribution is 2.34. The molecule has 0 radical (unpaired) electrons. The zero-order valence-corrected chi connectivity index (χ0v) is 13.4. The molecule has 2 aliphatic heterocycles. The number of hydrogen-bond acceptors (Lipinski definition) is 4. The lowest BCUT2D eigenvalue weighted by atomic mass is 10.2. The zero-order valence-electron chi connectivity index (χ0n) is 13.4. The highest BCUT2D eigenvalue weighted by Gasteiger charge is 2.63. The number of amides is 4. The van der Waals surface area contributed by atoms with Gasteiger partial charge >= 0.3 is 6.03 Å². The van der Waals surface area contributed by atoms with Crippen molar-refractivity contribution >= 4 is 17.8 Å². The molecule has 7 heteroatoms. The monoisotopic (exact) mass is 297 g/mol. The Morgan fingerprint density at radius 3 is 2.29 bits per heavy atom. The van der Waals surface area contributed by atoms with Crippen LogP contribution in [-0.2, 0) is 9.59 Å². The maximum atomic E-state index is 12.9. The first-order valence-electron chi connectivity index (χ1n) is 7.53. The van der Waals surface area contributed by atoms with Crippen molar-refractivity contribution in [3.8, 4) is 0 Å². The highest BCUT2D eigenvalue weighted by atomic mass is 16.2. The van der Waals surface area contributed by atoms with Crippen LogP contribution in [0.4, 0.5) is 4.79 Å². The molecule has 21 heavy (non-hydrogen) atoms. The molecule has 1 N–H and O–H groups in total. The van der Waals surface area contributed by atoms with E-state index in [0.717, 1.165) is 0 Å². The molecule has 0 spiro atoms. The van der Waals surface area contributed by atoms with Crippen LogP contribution in [0.1, 0.15) is 47.5 Å². The van der Waals surface area contributed by atoms with Crippen molar-refractivity contribution in [2.75, 3.05) is 6.54 Å². The fourth-order valence-corrected chi connectivity index (χ4v) is 3.73. The minimum Gasteiger partial charge on any atom is -0.274 e. The summed E-state index contributed by atoms with van der Waals surface area (Å²) in [5, 5.41) is 1.95. The van der Waals surface area contributed by atoms with Gasteiger partial charge in [0.1, 0.15) is 0 Å². The molecule has 0 aromatic carbocycles. The number of carbonyl (C=O) groups is 3. The van der Waals surface area contributed by atoms with Gasteiger partial charge in [-0.25, -0.2) is 9.69 Å². The fraction of sp³-hybridized carbons (Fsp3) is 0.786. The first kappa shape index (κ1) is 15.9. The molecule has 7 nitrogen and oxygen atoms in total. The van der Waals surface area contributed by atoms with Gasteiger partial charge in [0.15, 0.2) is 6.54 Å². The van der Waals surface area contributed by atoms with E-state index in [4.69, 9.17) is 0 Å². The van der Waals surface area contributed by atoms with Gasteiger partial charge in [-0.15, -0.1) is 5.01 Å². The van der Waals surface area contributed by atoms with E-state index in [1.54, 1.807) is 0 Å². The third-order valence-electron chi connectivity index (χ3n) is 4.12. The molecule has 2 aliphatic rings. The molecule has 2 atom stereocenters. The molecule has 0 saturated carbocycles. The van der Waals surface area contributed by atoms with Crippen LogP contribution in [0.3, 0.4) is 0 Å². The molecule has 0 aliphatic carbocycles. The minimum atomic E-state index is -0.333. The van der Waals surface area contributed by atoms with Crippen molar-refractivity contribution in [1.29, 1.82) is 0 Å². The molecular formula is C14H25N4O3+. The van der Waals surface area contributed by atoms with Crippen molar-refractivity contribution in [2.45, 2.75) is 65.6 Å². The van der Waals surface area contributed by atoms with Gasteiger partial charge in [0, 0.05) is 13.3 Å². The third-order valence-corrected chi connectivity index (χ3v) is 4.12. The van der Waals surface area contributed by atoms with Crippen molar-refractivity contribution in [3.05, 3.63) is 0 Å². The van der Waals surface area contributed by atoms with Crippen LogP contribution in [0.2, 0.25) is 0 Å². The predicted molar refractivity (Wildman–Crippen MR) is 76.3 cm³/mol. The van der Waals surface area contributed by atoms with Crippen LogP contribution in [0.15, 0.2) is 0 Å². The number of hydrogen-bond donors (Lipinski definition) is 1. The summed E-state index contributed by atoms with van der Waals surface area (Å²) in [6, 6.07) is -0.344. The van der Waals surface area contributed by atoms with E-state index < -0.39 is 0 Å². The Balaban J connectivity index is 2.46. The van der Waals surface area contributed by atoms with E-state index in [0.29, 0.717) is 19.4 Å². The van der Waals surface area contributed by atoms with Crippen LogP contribution in [-0.4, -0.2) is 57.1 Å². The molecule has 0 aromatic rings. The number of rotatable bonds is 4. The van der Waals surface area contributed by atoms with E-state index in [9.17, 15) is 14.4 Å². The second kappa shape index (κ2) is 5.38. The molecule has 2 unspecified atom stereocenters. The molecule has 2 saturated heterocycles. The molecule has 2 fully saturated rings. The van der Waals surface area contributed by atoms with Gasteiger partial charge in [-0.1, -0.05) is 4.70 Å². The summed E-state index contributed by atoms with van der Waals surface area (Å²) < 4.78 is -0.277. The summed E-state index contributed by atoms with van der Waals surface area (Å²) in [5.41, 5.74) is 2.80. The molecule has 0 aromatic heterocycles. The average Bonchev–Trinajstić information content (AvgIpc) is 2.78. The topological polar surface area (TPSA) is 69.7 Å². The van der Waals surface area contributed by atoms with Gasteiger partial charge in [0.2, 0.25) is 5.91 Å². The van der Waals surface area contributed by atoms with E-state index in [-0.39, 0.29) is 40.7 Å². The first-order valence-corrected chi connectivity index (χ1v) is 7.53. The lowest BCUT2D eigenvalue weighted by Gasteiger charge is -2.43. The fourth-order valence-electron chi connectivity index (χ4n) is 3.73. The van der Waals surface area contributed by atoms with E-state index >= 15 is 0 Å². The first-order chi connectivity index (χ1) is 9.70. The van der Waals surface area contributed by atoms with Crippen molar-refractivity contribution in [2.24, 2.45) is 0 Å². The van der Waals surface area contributed by atoms with Crippen LogP contribution in [0, 0.1) is 0 Å². The molecule has 0 bridgehead atoms. The average molecular weight is 297 g/mol. The standard InChI is InChI=1S/C14H24N4O3/c1-9(2)17(10(3)4)18(15-11(5)19)8-12-6-7-13(20)16(12)14(18)21/h9-10,12H,6-8H2,1-5H3/p+1. The molecule has 4 amide bonds. The predicted octanol–water partition coefficient (Wildman–Crippen LogP) is 1.01. The second-order valence-electron chi connectivity index (χ2n) is 6.43. The lowest BCUT2D eigenvalue weighted by molar-refractivity contribution is -0.998. The molecule has 2 rings (SSSR count). The second-order valence-corrected chi connectivity index (χ2v) is 6.43. The third kappa shape index (κ3) is 2.44. The maximum Gasteiger partial charge on any atom is 0.471 e. The maximum absolute atomic E-state index is 12.9. The van der Waals surface area contributed by atoms with E-state index in [1.165, 1.54) is 11.8 Å². The Labute approximate surface area is 125 Å².